The van der Waals surface area contributed by atoms with E-state index in [1.54, 1.807) is 24.3 Å². The molecule has 0 saturated carbocycles. The van der Waals surface area contributed by atoms with Crippen molar-refractivity contribution in [1.29, 1.82) is 5.26 Å². The Balaban J connectivity index is 1.63. The smallest absolute Gasteiger partial charge is 0.319 e. The lowest BCUT2D eigenvalue weighted by molar-refractivity contribution is -0.208. The fraction of sp³-hybridized carbons (Fsp3) is 0.600. The van der Waals surface area contributed by atoms with Crippen LogP contribution < -0.4 is 4.74 Å². The summed E-state index contributed by atoms with van der Waals surface area (Å²) in [6.45, 7) is 2.87. The van der Waals surface area contributed by atoms with Gasteiger partial charge in [-0.3, -0.25) is 4.79 Å². The zero-order valence-corrected chi connectivity index (χ0v) is 14.9. The summed E-state index contributed by atoms with van der Waals surface area (Å²) in [4.78, 5) is 12.1. The second-order valence-electron chi connectivity index (χ2n) is 6.41. The maximum Gasteiger partial charge on any atom is 0.319 e. The zero-order valence-electron chi connectivity index (χ0n) is 14.9. The van der Waals surface area contributed by atoms with E-state index in [4.69, 9.17) is 19.5 Å². The quantitative estimate of drug-likeness (QED) is 0.381. The first-order valence-electron chi connectivity index (χ1n) is 9.18. The predicted octanol–water partition coefficient (Wildman–Crippen LogP) is 4.20. The Morgan fingerprint density at radius 3 is 2.40 bits per heavy atom. The van der Waals surface area contributed by atoms with E-state index in [1.165, 1.54) is 32.1 Å². The summed E-state index contributed by atoms with van der Waals surface area (Å²) in [5, 5.41) is 8.76. The van der Waals surface area contributed by atoms with Gasteiger partial charge in [0.2, 0.25) is 0 Å². The molecule has 0 atom stereocenters. The lowest BCUT2D eigenvalue weighted by Crippen LogP contribution is -2.38. The molecule has 5 heteroatoms. The first-order chi connectivity index (χ1) is 12.2. The van der Waals surface area contributed by atoms with Gasteiger partial charge in [-0.25, -0.2) is 0 Å². The van der Waals surface area contributed by atoms with Gasteiger partial charge in [-0.2, -0.15) is 5.26 Å². The highest BCUT2D eigenvalue weighted by Gasteiger charge is 2.28. The van der Waals surface area contributed by atoms with Crippen molar-refractivity contribution in [3.63, 3.8) is 0 Å². The average molecular weight is 345 g/mol. The fourth-order valence-corrected chi connectivity index (χ4v) is 2.73. The number of nitriles is 1. The van der Waals surface area contributed by atoms with Crippen molar-refractivity contribution in [2.24, 2.45) is 5.92 Å². The van der Waals surface area contributed by atoms with Gasteiger partial charge < -0.3 is 14.2 Å². The summed E-state index contributed by atoms with van der Waals surface area (Å²) in [7, 11) is 0. The summed E-state index contributed by atoms with van der Waals surface area (Å²) in [5.41, 5.74) is 0.529. The van der Waals surface area contributed by atoms with E-state index < -0.39 is 5.92 Å². The van der Waals surface area contributed by atoms with Gasteiger partial charge in [0.05, 0.1) is 24.8 Å². The largest absolute Gasteiger partial charge is 0.426 e. The molecule has 5 nitrogen and oxygen atoms in total. The van der Waals surface area contributed by atoms with E-state index in [2.05, 4.69) is 6.92 Å². The van der Waals surface area contributed by atoms with Crippen LogP contribution in [0.3, 0.4) is 0 Å². The topological polar surface area (TPSA) is 68.5 Å². The number of hydrogen-bond acceptors (Lipinski definition) is 5. The molecule has 1 fully saturated rings. The third kappa shape index (κ3) is 6.85. The summed E-state index contributed by atoms with van der Waals surface area (Å²) in [6, 6.07) is 8.49. The third-order valence-electron chi connectivity index (χ3n) is 4.30. The van der Waals surface area contributed by atoms with Crippen LogP contribution in [-0.2, 0) is 14.3 Å². The van der Waals surface area contributed by atoms with Crippen LogP contribution in [0.15, 0.2) is 24.3 Å². The number of hydrogen-bond donors (Lipinski definition) is 0. The molecule has 1 heterocycles. The summed E-state index contributed by atoms with van der Waals surface area (Å²) in [5.74, 6) is -0.336. The minimum absolute atomic E-state index is 0.204. The standard InChI is InChI=1S/C20H27NO4/c1-2-3-4-5-6-7-8-19-23-14-17(15-24-19)20(22)25-18-11-9-16(13-21)10-12-18/h9-12,17,19H,2-8,14-15H2,1H3. The molecular weight excluding hydrogens is 318 g/mol. The van der Waals surface area contributed by atoms with E-state index in [9.17, 15) is 4.79 Å². The number of rotatable bonds is 9. The molecule has 1 aromatic carbocycles. The van der Waals surface area contributed by atoms with Crippen LogP contribution in [0.5, 0.6) is 5.75 Å². The van der Waals surface area contributed by atoms with Crippen molar-refractivity contribution >= 4 is 5.97 Å². The third-order valence-corrected chi connectivity index (χ3v) is 4.30. The molecule has 0 amide bonds. The van der Waals surface area contributed by atoms with E-state index >= 15 is 0 Å². The van der Waals surface area contributed by atoms with Gasteiger partial charge in [-0.05, 0) is 37.1 Å². The van der Waals surface area contributed by atoms with Gasteiger partial charge in [0.1, 0.15) is 11.7 Å². The minimum atomic E-state index is -0.406. The molecule has 0 spiro atoms. The molecule has 1 aliphatic heterocycles. The number of nitrogens with zero attached hydrogens (tertiary/aromatic N) is 1. The Kier molecular flexibility index (Phi) is 8.44. The molecule has 136 valence electrons. The van der Waals surface area contributed by atoms with Crippen molar-refractivity contribution in [3.05, 3.63) is 29.8 Å². The van der Waals surface area contributed by atoms with Gasteiger partial charge >= 0.3 is 5.97 Å². The molecule has 0 radical (unpaired) electrons. The highest BCUT2D eigenvalue weighted by molar-refractivity contribution is 5.75. The molecule has 1 aromatic rings. The second-order valence-corrected chi connectivity index (χ2v) is 6.41. The molecule has 0 unspecified atom stereocenters. The summed E-state index contributed by atoms with van der Waals surface area (Å²) >= 11 is 0. The second kappa shape index (κ2) is 10.9. The number of carbonyl (C=O) groups is 1. The molecule has 25 heavy (non-hydrogen) atoms. The van der Waals surface area contributed by atoms with Crippen LogP contribution >= 0.6 is 0 Å². The van der Waals surface area contributed by atoms with Crippen molar-refractivity contribution in [2.75, 3.05) is 13.2 Å². The number of benzene rings is 1. The predicted molar refractivity (Wildman–Crippen MR) is 94.0 cm³/mol. The van der Waals surface area contributed by atoms with Crippen LogP contribution in [0.1, 0.15) is 57.4 Å². The SMILES string of the molecule is CCCCCCCCC1OCC(C(=O)Oc2ccc(C#N)cc2)CO1. The van der Waals surface area contributed by atoms with Crippen molar-refractivity contribution in [2.45, 2.75) is 58.2 Å². The van der Waals surface area contributed by atoms with Crippen LogP contribution in [0.4, 0.5) is 0 Å². The molecule has 0 bridgehead atoms. The molecule has 0 aliphatic carbocycles. The summed E-state index contributed by atoms with van der Waals surface area (Å²) in [6.07, 6.45) is 8.09. The van der Waals surface area contributed by atoms with Crippen molar-refractivity contribution < 1.29 is 19.0 Å². The Morgan fingerprint density at radius 2 is 1.76 bits per heavy atom. The van der Waals surface area contributed by atoms with Gasteiger partial charge in [0, 0.05) is 0 Å². The zero-order chi connectivity index (χ0) is 17.9. The van der Waals surface area contributed by atoms with Crippen LogP contribution in [0, 0.1) is 17.2 Å². The first kappa shape index (κ1) is 19.4. The van der Waals surface area contributed by atoms with E-state index in [-0.39, 0.29) is 12.3 Å². The van der Waals surface area contributed by atoms with Gasteiger partial charge in [0.15, 0.2) is 6.29 Å². The Labute approximate surface area is 149 Å². The van der Waals surface area contributed by atoms with E-state index in [1.807, 2.05) is 6.07 Å². The number of esters is 1. The number of carbonyl (C=O) groups excluding carboxylic acids is 1. The molecule has 1 aliphatic rings. The van der Waals surface area contributed by atoms with Crippen LogP contribution in [-0.4, -0.2) is 25.5 Å². The van der Waals surface area contributed by atoms with E-state index in [0.29, 0.717) is 24.5 Å². The van der Waals surface area contributed by atoms with Gasteiger partial charge in [-0.15, -0.1) is 0 Å². The minimum Gasteiger partial charge on any atom is -0.426 e. The number of ether oxygens (including phenoxy) is 3. The van der Waals surface area contributed by atoms with Crippen molar-refractivity contribution in [3.8, 4) is 11.8 Å². The molecule has 0 N–H and O–H groups in total. The maximum absolute atomic E-state index is 12.1. The first-order valence-corrected chi connectivity index (χ1v) is 9.18. The van der Waals surface area contributed by atoms with Gasteiger partial charge in [-0.1, -0.05) is 39.0 Å². The average Bonchev–Trinajstić information content (AvgIpc) is 2.65. The maximum atomic E-state index is 12.1. The normalized spacial score (nSPS) is 20.0. The molecule has 0 aromatic heterocycles. The highest BCUT2D eigenvalue weighted by Crippen LogP contribution is 2.20. The Bertz CT molecular complexity index is 556. The molecular formula is C20H27NO4. The molecule has 2 rings (SSSR count). The van der Waals surface area contributed by atoms with Crippen LogP contribution in [0.25, 0.3) is 0 Å². The fourth-order valence-electron chi connectivity index (χ4n) is 2.73. The van der Waals surface area contributed by atoms with Gasteiger partial charge in [0.25, 0.3) is 0 Å². The number of unbranched alkanes of at least 4 members (excludes halogenated alkanes) is 5. The highest BCUT2D eigenvalue weighted by atomic mass is 16.7. The Morgan fingerprint density at radius 1 is 1.12 bits per heavy atom. The lowest BCUT2D eigenvalue weighted by atomic mass is 10.1. The molecule has 1 saturated heterocycles. The Hall–Kier alpha value is -1.90. The van der Waals surface area contributed by atoms with E-state index in [0.717, 1.165) is 12.8 Å². The van der Waals surface area contributed by atoms with Crippen LogP contribution in [0.2, 0.25) is 0 Å². The lowest BCUT2D eigenvalue weighted by Gasteiger charge is -2.28. The summed E-state index contributed by atoms with van der Waals surface area (Å²) < 4.78 is 16.6. The van der Waals surface area contributed by atoms with Crippen molar-refractivity contribution in [1.82, 2.24) is 0 Å². The monoisotopic (exact) mass is 345 g/mol.